The fraction of sp³-hybridized carbons (Fsp3) is 0.538. The van der Waals surface area contributed by atoms with Crippen molar-refractivity contribution in [3.63, 3.8) is 0 Å². The Labute approximate surface area is 108 Å². The quantitative estimate of drug-likeness (QED) is 0.746. The molecule has 0 radical (unpaired) electrons. The smallest absolute Gasteiger partial charge is 0.239 e. The van der Waals surface area contributed by atoms with Crippen LogP contribution in [0.25, 0.3) is 0 Å². The van der Waals surface area contributed by atoms with Crippen molar-refractivity contribution in [3.8, 4) is 0 Å². The number of carbonyl (C=O) groups is 1. The van der Waals surface area contributed by atoms with Gasteiger partial charge in [0.25, 0.3) is 0 Å². The molecule has 1 amide bonds. The van der Waals surface area contributed by atoms with E-state index < -0.39 is 0 Å². The van der Waals surface area contributed by atoms with E-state index in [1.54, 1.807) is 0 Å². The fourth-order valence-electron chi connectivity index (χ4n) is 1.45. The largest absolute Gasteiger partial charge is 0.370 e. The van der Waals surface area contributed by atoms with E-state index in [4.69, 9.17) is 0 Å². The minimum Gasteiger partial charge on any atom is -0.370 e. The molecular weight excluding hydrogens is 228 g/mol. The first-order chi connectivity index (χ1) is 8.40. The Balaban J connectivity index is 2.48. The second-order valence-electron chi connectivity index (χ2n) is 5.09. The predicted octanol–water partition coefficient (Wildman–Crippen LogP) is 1.84. The topological polar surface area (TPSA) is 66.0 Å². The third-order valence-corrected chi connectivity index (χ3v) is 2.05. The van der Waals surface area contributed by atoms with Crippen LogP contribution in [0.5, 0.6) is 0 Å². The van der Waals surface area contributed by atoms with Gasteiger partial charge in [-0.05, 0) is 39.8 Å². The molecule has 0 saturated carbocycles. The van der Waals surface area contributed by atoms with E-state index in [1.165, 1.54) is 0 Å². The monoisotopic (exact) mass is 250 g/mol. The maximum Gasteiger partial charge on any atom is 0.239 e. The van der Waals surface area contributed by atoms with E-state index >= 15 is 0 Å². The maximum atomic E-state index is 11.6. The summed E-state index contributed by atoms with van der Waals surface area (Å²) in [4.78, 5) is 16.0. The zero-order valence-electron chi connectivity index (χ0n) is 11.5. The molecule has 5 nitrogen and oxygen atoms in total. The standard InChI is InChI=1S/C13H22N4O/c1-5-14-10-7-6-8-11(16-10)15-9-12(18)17-13(2,3)4/h6-8H,5,9H2,1-4H3,(H,17,18)(H2,14,15,16). The van der Waals surface area contributed by atoms with Crippen molar-refractivity contribution in [1.29, 1.82) is 0 Å². The number of pyridine rings is 1. The lowest BCUT2D eigenvalue weighted by Gasteiger charge is -2.20. The first kappa shape index (κ1) is 14.3. The van der Waals surface area contributed by atoms with Crippen LogP contribution in [0.3, 0.4) is 0 Å². The molecule has 100 valence electrons. The summed E-state index contributed by atoms with van der Waals surface area (Å²) in [5, 5.41) is 9.01. The average molecular weight is 250 g/mol. The summed E-state index contributed by atoms with van der Waals surface area (Å²) in [5.74, 6) is 1.45. The fourth-order valence-corrected chi connectivity index (χ4v) is 1.45. The number of rotatable bonds is 5. The Hall–Kier alpha value is -1.78. The number of hydrogen-bond donors (Lipinski definition) is 3. The van der Waals surface area contributed by atoms with E-state index in [1.807, 2.05) is 45.9 Å². The summed E-state index contributed by atoms with van der Waals surface area (Å²) in [6.07, 6.45) is 0. The Bertz CT molecular complexity index is 398. The lowest BCUT2D eigenvalue weighted by atomic mass is 10.1. The lowest BCUT2D eigenvalue weighted by molar-refractivity contribution is -0.120. The van der Waals surface area contributed by atoms with Crippen molar-refractivity contribution in [2.45, 2.75) is 33.2 Å². The van der Waals surface area contributed by atoms with E-state index in [2.05, 4.69) is 20.9 Å². The number of anilines is 2. The maximum absolute atomic E-state index is 11.6. The van der Waals surface area contributed by atoms with Crippen LogP contribution < -0.4 is 16.0 Å². The summed E-state index contributed by atoms with van der Waals surface area (Å²) < 4.78 is 0. The van der Waals surface area contributed by atoms with E-state index in [0.717, 1.165) is 12.4 Å². The highest BCUT2D eigenvalue weighted by Gasteiger charge is 2.13. The summed E-state index contributed by atoms with van der Waals surface area (Å²) in [6, 6.07) is 5.63. The van der Waals surface area contributed by atoms with Gasteiger partial charge >= 0.3 is 0 Å². The highest BCUT2D eigenvalue weighted by atomic mass is 16.2. The first-order valence-corrected chi connectivity index (χ1v) is 6.16. The molecule has 18 heavy (non-hydrogen) atoms. The van der Waals surface area contributed by atoms with Crippen molar-refractivity contribution in [3.05, 3.63) is 18.2 Å². The lowest BCUT2D eigenvalue weighted by Crippen LogP contribution is -2.43. The van der Waals surface area contributed by atoms with Gasteiger partial charge in [-0.2, -0.15) is 0 Å². The van der Waals surface area contributed by atoms with Gasteiger partial charge in [0.1, 0.15) is 11.6 Å². The molecule has 1 aromatic heterocycles. The molecule has 0 aromatic carbocycles. The molecule has 0 aliphatic carbocycles. The van der Waals surface area contributed by atoms with Crippen LogP contribution in [0.4, 0.5) is 11.6 Å². The number of aromatic nitrogens is 1. The molecular formula is C13H22N4O. The van der Waals surface area contributed by atoms with Gasteiger partial charge in [0.15, 0.2) is 0 Å². The minimum absolute atomic E-state index is 0.0434. The second kappa shape index (κ2) is 6.23. The van der Waals surface area contributed by atoms with Gasteiger partial charge in [-0.25, -0.2) is 4.98 Å². The van der Waals surface area contributed by atoms with Gasteiger partial charge < -0.3 is 16.0 Å². The molecule has 0 fully saturated rings. The molecule has 0 atom stereocenters. The van der Waals surface area contributed by atoms with Crippen molar-refractivity contribution in [2.75, 3.05) is 23.7 Å². The summed E-state index contributed by atoms with van der Waals surface area (Å²) in [5.41, 5.74) is -0.211. The van der Waals surface area contributed by atoms with E-state index in [0.29, 0.717) is 5.82 Å². The summed E-state index contributed by atoms with van der Waals surface area (Å²) >= 11 is 0. The van der Waals surface area contributed by atoms with Crippen LogP contribution in [0.2, 0.25) is 0 Å². The third kappa shape index (κ3) is 5.52. The zero-order valence-corrected chi connectivity index (χ0v) is 11.5. The van der Waals surface area contributed by atoms with Crippen LogP contribution in [0.15, 0.2) is 18.2 Å². The molecule has 0 aliphatic heterocycles. The van der Waals surface area contributed by atoms with Crippen molar-refractivity contribution >= 4 is 17.5 Å². The first-order valence-electron chi connectivity index (χ1n) is 6.16. The Morgan fingerprint density at radius 3 is 2.39 bits per heavy atom. The Kier molecular flexibility index (Phi) is 4.95. The zero-order chi connectivity index (χ0) is 13.6. The molecule has 3 N–H and O–H groups in total. The molecule has 0 saturated heterocycles. The SMILES string of the molecule is CCNc1cccc(NCC(=O)NC(C)(C)C)n1. The van der Waals surface area contributed by atoms with Gasteiger partial charge in [0, 0.05) is 12.1 Å². The highest BCUT2D eigenvalue weighted by Crippen LogP contribution is 2.08. The number of amides is 1. The molecule has 0 unspecified atom stereocenters. The summed E-state index contributed by atoms with van der Waals surface area (Å²) in [7, 11) is 0. The Morgan fingerprint density at radius 1 is 1.22 bits per heavy atom. The molecule has 1 rings (SSSR count). The molecule has 5 heteroatoms. The molecule has 1 heterocycles. The third-order valence-electron chi connectivity index (χ3n) is 2.05. The number of carbonyl (C=O) groups excluding carboxylic acids is 1. The normalized spacial score (nSPS) is 10.9. The van der Waals surface area contributed by atoms with Gasteiger partial charge in [0.05, 0.1) is 6.54 Å². The molecule has 1 aromatic rings. The van der Waals surface area contributed by atoms with Gasteiger partial charge in [0.2, 0.25) is 5.91 Å². The number of hydrogen-bond acceptors (Lipinski definition) is 4. The minimum atomic E-state index is -0.211. The van der Waals surface area contributed by atoms with Crippen LogP contribution in [-0.2, 0) is 4.79 Å². The highest BCUT2D eigenvalue weighted by molar-refractivity contribution is 5.81. The predicted molar refractivity (Wildman–Crippen MR) is 74.8 cm³/mol. The van der Waals surface area contributed by atoms with Crippen LogP contribution in [0.1, 0.15) is 27.7 Å². The van der Waals surface area contributed by atoms with Crippen LogP contribution >= 0.6 is 0 Å². The Morgan fingerprint density at radius 2 is 1.83 bits per heavy atom. The van der Waals surface area contributed by atoms with Crippen molar-refractivity contribution < 1.29 is 4.79 Å². The number of nitrogens with zero attached hydrogens (tertiary/aromatic N) is 1. The van der Waals surface area contributed by atoms with Crippen molar-refractivity contribution in [1.82, 2.24) is 10.3 Å². The molecule has 0 bridgehead atoms. The molecule has 0 aliphatic rings. The van der Waals surface area contributed by atoms with Gasteiger partial charge in [-0.15, -0.1) is 0 Å². The van der Waals surface area contributed by atoms with Crippen molar-refractivity contribution in [2.24, 2.45) is 0 Å². The van der Waals surface area contributed by atoms with Gasteiger partial charge in [-0.3, -0.25) is 4.79 Å². The number of nitrogens with one attached hydrogen (secondary N) is 3. The molecule has 0 spiro atoms. The van der Waals surface area contributed by atoms with Crippen LogP contribution in [-0.4, -0.2) is 29.5 Å². The summed E-state index contributed by atoms with van der Waals surface area (Å²) in [6.45, 7) is 8.91. The van der Waals surface area contributed by atoms with Gasteiger partial charge in [-0.1, -0.05) is 6.07 Å². The van der Waals surface area contributed by atoms with E-state index in [9.17, 15) is 4.79 Å². The average Bonchev–Trinajstić information content (AvgIpc) is 2.25. The second-order valence-corrected chi connectivity index (χ2v) is 5.09. The van der Waals surface area contributed by atoms with E-state index in [-0.39, 0.29) is 18.0 Å². The van der Waals surface area contributed by atoms with Crippen LogP contribution in [0, 0.1) is 0 Å².